The lowest BCUT2D eigenvalue weighted by Gasteiger charge is -1.93. The molecule has 1 N–H and O–H groups in total. The van der Waals surface area contributed by atoms with Gasteiger partial charge >= 0.3 is 0 Å². The highest BCUT2D eigenvalue weighted by Gasteiger charge is 1.99. The Morgan fingerprint density at radius 1 is 1.07 bits per heavy atom. The maximum Gasteiger partial charge on any atom is 0.188 e. The molecule has 0 atom stereocenters. The second-order valence-corrected chi connectivity index (χ2v) is 3.56. The van der Waals surface area contributed by atoms with Crippen molar-refractivity contribution in [3.8, 4) is 0 Å². The van der Waals surface area contributed by atoms with Gasteiger partial charge in [0, 0.05) is 5.56 Å². The molecule has 0 radical (unpaired) electrons. The van der Waals surface area contributed by atoms with Gasteiger partial charge in [-0.05, 0) is 10.8 Å². The largest absolute Gasteiger partial charge is 0.388 e. The van der Waals surface area contributed by atoms with Crippen LogP contribution < -0.4 is 0 Å². The van der Waals surface area contributed by atoms with Crippen molar-refractivity contribution in [1.29, 1.82) is 0 Å². The van der Waals surface area contributed by atoms with Gasteiger partial charge in [0.25, 0.3) is 0 Å². The van der Waals surface area contributed by atoms with Gasteiger partial charge in [0.2, 0.25) is 0 Å². The molecule has 0 amide bonds. The van der Waals surface area contributed by atoms with E-state index >= 15 is 0 Å². The van der Waals surface area contributed by atoms with Crippen LogP contribution in [-0.2, 0) is 0 Å². The summed E-state index contributed by atoms with van der Waals surface area (Å²) in [5, 5.41) is 12.5. The average molecular weight is 220 g/mol. The number of hydrogen-bond acceptors (Lipinski definition) is 3. The zero-order valence-corrected chi connectivity index (χ0v) is 8.98. The minimum Gasteiger partial charge on any atom is -0.388 e. The quantitative estimate of drug-likeness (QED) is 0.790. The van der Waals surface area contributed by atoms with Crippen molar-refractivity contribution < 1.29 is 9.90 Å². The number of thiophene rings is 1. The number of rotatable bonds is 2. The third-order valence-electron chi connectivity index (χ3n) is 1.66. The molecule has 3 heteroatoms. The van der Waals surface area contributed by atoms with E-state index in [0.29, 0.717) is 5.56 Å². The van der Waals surface area contributed by atoms with Crippen LogP contribution in [0.1, 0.15) is 10.4 Å². The van der Waals surface area contributed by atoms with Crippen LogP contribution in [0.4, 0.5) is 0 Å². The van der Waals surface area contributed by atoms with Gasteiger partial charge in [0.15, 0.2) is 5.78 Å². The van der Waals surface area contributed by atoms with Crippen molar-refractivity contribution in [3.05, 3.63) is 58.8 Å². The lowest BCUT2D eigenvalue weighted by Crippen LogP contribution is -2.02. The maximum atomic E-state index is 10.8. The van der Waals surface area contributed by atoms with E-state index in [1.807, 2.05) is 29.0 Å². The fraction of sp³-hybridized carbons (Fsp3) is 0.0833. The summed E-state index contributed by atoms with van der Waals surface area (Å²) < 4.78 is 0. The molecule has 2 rings (SSSR count). The Balaban J connectivity index is 0.000000187. The van der Waals surface area contributed by atoms with Crippen LogP contribution in [0.5, 0.6) is 0 Å². The first kappa shape index (κ1) is 11.6. The molecule has 0 unspecified atom stereocenters. The number of aliphatic hydroxyl groups excluding tert-OH is 1. The van der Waals surface area contributed by atoms with Gasteiger partial charge in [-0.2, -0.15) is 11.3 Å². The Labute approximate surface area is 92.8 Å². The number of Topliss-reactive ketones (excluding diaryl/α,β-unsaturated/α-hetero) is 1. The third kappa shape index (κ3) is 4.54. The van der Waals surface area contributed by atoms with Crippen molar-refractivity contribution in [2.24, 2.45) is 0 Å². The van der Waals surface area contributed by atoms with Gasteiger partial charge in [0.1, 0.15) is 6.61 Å². The van der Waals surface area contributed by atoms with Crippen molar-refractivity contribution >= 4 is 17.1 Å². The summed E-state index contributed by atoms with van der Waals surface area (Å²) in [7, 11) is 0. The number of aliphatic hydroxyl groups is 1. The number of hydrogen-bond donors (Lipinski definition) is 1. The highest BCUT2D eigenvalue weighted by atomic mass is 32.1. The first-order valence-corrected chi connectivity index (χ1v) is 5.45. The van der Waals surface area contributed by atoms with E-state index in [0.717, 1.165) is 0 Å². The molecule has 0 aliphatic rings. The lowest BCUT2D eigenvalue weighted by molar-refractivity contribution is 0.0904. The van der Waals surface area contributed by atoms with Crippen LogP contribution in [0.25, 0.3) is 0 Å². The molecule has 78 valence electrons. The van der Waals surface area contributed by atoms with Crippen LogP contribution in [0.15, 0.2) is 53.2 Å². The summed E-state index contributed by atoms with van der Waals surface area (Å²) in [5.41, 5.74) is 0.560. The van der Waals surface area contributed by atoms with Gasteiger partial charge in [0.05, 0.1) is 0 Å². The van der Waals surface area contributed by atoms with Gasteiger partial charge in [-0.25, -0.2) is 0 Å². The summed E-state index contributed by atoms with van der Waals surface area (Å²) in [6.07, 6.45) is 0. The molecule has 0 aliphatic carbocycles. The van der Waals surface area contributed by atoms with Crippen LogP contribution in [0.2, 0.25) is 0 Å². The molecule has 1 heterocycles. The molecule has 0 bridgehead atoms. The maximum absolute atomic E-state index is 10.8. The van der Waals surface area contributed by atoms with E-state index in [1.165, 1.54) is 0 Å². The monoisotopic (exact) mass is 220 g/mol. The first-order valence-electron chi connectivity index (χ1n) is 4.51. The number of carbonyl (C=O) groups excluding carboxylic acids is 1. The van der Waals surface area contributed by atoms with Gasteiger partial charge in [-0.3, -0.25) is 4.79 Å². The third-order valence-corrected chi connectivity index (χ3v) is 2.29. The normalized spacial score (nSPS) is 8.87. The van der Waals surface area contributed by atoms with E-state index < -0.39 is 6.61 Å². The smallest absolute Gasteiger partial charge is 0.188 e. The van der Waals surface area contributed by atoms with Gasteiger partial charge in [-0.1, -0.05) is 42.5 Å². The zero-order chi connectivity index (χ0) is 10.9. The van der Waals surface area contributed by atoms with Crippen molar-refractivity contribution in [2.45, 2.75) is 0 Å². The molecule has 0 saturated heterocycles. The van der Waals surface area contributed by atoms with Crippen LogP contribution in [0.3, 0.4) is 0 Å². The fourth-order valence-corrected chi connectivity index (χ4v) is 1.40. The molecular weight excluding hydrogens is 208 g/mol. The van der Waals surface area contributed by atoms with Crippen molar-refractivity contribution in [2.75, 3.05) is 6.61 Å². The molecule has 1 aromatic heterocycles. The summed E-state index contributed by atoms with van der Waals surface area (Å²) in [4.78, 5) is 10.8. The predicted molar refractivity (Wildman–Crippen MR) is 62.2 cm³/mol. The van der Waals surface area contributed by atoms with E-state index in [2.05, 4.69) is 0 Å². The second-order valence-electron chi connectivity index (χ2n) is 2.74. The minimum absolute atomic E-state index is 0.236. The second kappa shape index (κ2) is 6.92. The topological polar surface area (TPSA) is 37.3 Å². The van der Waals surface area contributed by atoms with Crippen LogP contribution in [-0.4, -0.2) is 17.5 Å². The van der Waals surface area contributed by atoms with Gasteiger partial charge < -0.3 is 5.11 Å². The Morgan fingerprint density at radius 2 is 1.67 bits per heavy atom. The van der Waals surface area contributed by atoms with Crippen molar-refractivity contribution in [1.82, 2.24) is 0 Å². The highest BCUT2D eigenvalue weighted by molar-refractivity contribution is 7.07. The molecule has 0 spiro atoms. The minimum atomic E-state index is -0.413. The molecule has 2 nitrogen and oxygen atoms in total. The first-order chi connectivity index (χ1) is 7.34. The summed E-state index contributed by atoms with van der Waals surface area (Å²) in [5.74, 6) is -0.236. The molecule has 0 fully saturated rings. The van der Waals surface area contributed by atoms with Gasteiger partial charge in [-0.15, -0.1) is 0 Å². The Bertz CT molecular complexity index is 351. The Hall–Kier alpha value is -1.45. The summed E-state index contributed by atoms with van der Waals surface area (Å²) in [6, 6.07) is 12.8. The lowest BCUT2D eigenvalue weighted by atomic mass is 10.1. The molecule has 15 heavy (non-hydrogen) atoms. The molecule has 2 aromatic rings. The zero-order valence-electron chi connectivity index (χ0n) is 8.17. The van der Waals surface area contributed by atoms with Crippen LogP contribution in [0, 0.1) is 0 Å². The number of ketones is 1. The number of carbonyl (C=O) groups is 1. The number of benzene rings is 1. The Kier molecular flexibility index (Phi) is 5.37. The predicted octanol–water partition coefficient (Wildman–Crippen LogP) is 2.61. The van der Waals surface area contributed by atoms with E-state index in [-0.39, 0.29) is 5.78 Å². The standard InChI is InChI=1S/C8H8O2.C4H4S/c9-6-8(10)7-4-2-1-3-5-7;1-2-4-5-3-1/h1-5,9H,6H2;1-4H. The van der Waals surface area contributed by atoms with Crippen molar-refractivity contribution in [3.63, 3.8) is 0 Å². The molecule has 1 aromatic carbocycles. The Morgan fingerprint density at radius 3 is 2.07 bits per heavy atom. The van der Waals surface area contributed by atoms with E-state index in [4.69, 9.17) is 5.11 Å². The average Bonchev–Trinajstić information content (AvgIpc) is 2.88. The molecular formula is C12H12O2S. The summed E-state index contributed by atoms with van der Waals surface area (Å²) in [6.45, 7) is -0.413. The van der Waals surface area contributed by atoms with E-state index in [9.17, 15) is 4.79 Å². The molecule has 0 saturated carbocycles. The van der Waals surface area contributed by atoms with Crippen LogP contribution >= 0.6 is 11.3 Å². The summed E-state index contributed by atoms with van der Waals surface area (Å²) >= 11 is 1.71. The molecule has 0 aliphatic heterocycles. The SMILES string of the molecule is O=C(CO)c1ccccc1.c1ccsc1. The highest BCUT2D eigenvalue weighted by Crippen LogP contribution is 1.98. The van der Waals surface area contributed by atoms with E-state index in [1.54, 1.807) is 35.6 Å². The fourth-order valence-electron chi connectivity index (χ4n) is 0.942.